The van der Waals surface area contributed by atoms with Gasteiger partial charge in [0.05, 0.1) is 10.7 Å². The molecule has 1 aromatic carbocycles. The first-order valence-corrected chi connectivity index (χ1v) is 5.60. The maximum Gasteiger partial charge on any atom is 0.125 e. The summed E-state index contributed by atoms with van der Waals surface area (Å²) in [7, 11) is 0. The van der Waals surface area contributed by atoms with Crippen LogP contribution in [0.2, 0.25) is 5.02 Å². The normalized spacial score (nSPS) is 24.5. The molecule has 1 unspecified atom stereocenters. The third kappa shape index (κ3) is 1.88. The molecule has 0 fully saturated rings. The summed E-state index contributed by atoms with van der Waals surface area (Å²) in [5, 5.41) is 13.7. The summed E-state index contributed by atoms with van der Waals surface area (Å²) >= 11 is 5.95. The zero-order valence-electron chi connectivity index (χ0n) is 8.76. The maximum absolute atomic E-state index is 13.3. The first kappa shape index (κ1) is 11.6. The molecule has 4 N–H and O–H groups in total. The molecule has 3 nitrogen and oxygen atoms in total. The molecule has 1 atom stereocenters. The van der Waals surface area contributed by atoms with E-state index in [0.29, 0.717) is 24.2 Å². The molecule has 0 bridgehead atoms. The second kappa shape index (κ2) is 4.20. The molecular weight excluding hydrogens is 231 g/mol. The van der Waals surface area contributed by atoms with E-state index in [1.165, 1.54) is 12.1 Å². The number of nitrogens with two attached hydrogens (primary N) is 1. The number of nitrogens with one attached hydrogen (secondary N) is 1. The van der Waals surface area contributed by atoms with Crippen LogP contribution >= 0.6 is 11.6 Å². The molecule has 5 heteroatoms. The van der Waals surface area contributed by atoms with Gasteiger partial charge < -0.3 is 16.2 Å². The van der Waals surface area contributed by atoms with Crippen molar-refractivity contribution in [3.63, 3.8) is 0 Å². The van der Waals surface area contributed by atoms with Gasteiger partial charge in [-0.15, -0.1) is 0 Å². The lowest BCUT2D eigenvalue weighted by Gasteiger charge is -2.27. The zero-order chi connectivity index (χ0) is 11.8. The van der Waals surface area contributed by atoms with Crippen LogP contribution in [0.4, 0.5) is 10.1 Å². The number of rotatable bonds is 1. The largest absolute Gasteiger partial charge is 0.384 e. The predicted octanol–water partition coefficient (Wildman–Crippen LogP) is 1.83. The highest BCUT2D eigenvalue weighted by atomic mass is 35.5. The van der Waals surface area contributed by atoms with Gasteiger partial charge in [-0.3, -0.25) is 0 Å². The standard InChI is InChI=1S/C11H14ClFN2O/c12-9-5-7(13)4-8-10(9)15-3-1-2-11(8,16)6-14/h4-5,15-16H,1-3,6,14H2. The molecule has 0 amide bonds. The van der Waals surface area contributed by atoms with E-state index in [1.54, 1.807) is 0 Å². The Labute approximate surface area is 98.4 Å². The molecule has 1 aliphatic rings. The van der Waals surface area contributed by atoms with Crippen molar-refractivity contribution in [1.82, 2.24) is 0 Å². The first-order chi connectivity index (χ1) is 7.57. The predicted molar refractivity (Wildman–Crippen MR) is 62.1 cm³/mol. The van der Waals surface area contributed by atoms with Crippen LogP contribution < -0.4 is 11.1 Å². The number of fused-ring (bicyclic) bond motifs is 1. The van der Waals surface area contributed by atoms with E-state index in [9.17, 15) is 9.50 Å². The van der Waals surface area contributed by atoms with Gasteiger partial charge in [-0.25, -0.2) is 4.39 Å². The average Bonchev–Trinajstić information content (AvgIpc) is 2.40. The summed E-state index contributed by atoms with van der Waals surface area (Å²) < 4.78 is 13.3. The molecule has 88 valence electrons. The Morgan fingerprint density at radius 1 is 1.56 bits per heavy atom. The van der Waals surface area contributed by atoms with Crippen molar-refractivity contribution >= 4 is 17.3 Å². The minimum Gasteiger partial charge on any atom is -0.384 e. The Hall–Kier alpha value is -0.840. The van der Waals surface area contributed by atoms with Crippen molar-refractivity contribution in [2.75, 3.05) is 18.4 Å². The molecule has 0 spiro atoms. The molecular formula is C11H14ClFN2O. The SMILES string of the molecule is NCC1(O)CCCNc2c(Cl)cc(F)cc21. The lowest BCUT2D eigenvalue weighted by atomic mass is 9.89. The van der Waals surface area contributed by atoms with E-state index < -0.39 is 11.4 Å². The van der Waals surface area contributed by atoms with Gasteiger partial charge in [0, 0.05) is 18.7 Å². The van der Waals surface area contributed by atoms with Crippen molar-refractivity contribution in [3.8, 4) is 0 Å². The molecule has 1 heterocycles. The van der Waals surface area contributed by atoms with E-state index >= 15 is 0 Å². The van der Waals surface area contributed by atoms with Gasteiger partial charge in [0.1, 0.15) is 11.4 Å². The van der Waals surface area contributed by atoms with E-state index in [1.807, 2.05) is 0 Å². The molecule has 0 saturated carbocycles. The van der Waals surface area contributed by atoms with Crippen molar-refractivity contribution in [1.29, 1.82) is 0 Å². The van der Waals surface area contributed by atoms with Gasteiger partial charge in [-0.05, 0) is 25.0 Å². The summed E-state index contributed by atoms with van der Waals surface area (Å²) in [6, 6.07) is 2.53. The van der Waals surface area contributed by atoms with Crippen LogP contribution in [0.3, 0.4) is 0 Å². The molecule has 0 radical (unpaired) electrons. The van der Waals surface area contributed by atoms with Gasteiger partial charge in [0.2, 0.25) is 0 Å². The van der Waals surface area contributed by atoms with E-state index in [-0.39, 0.29) is 11.6 Å². The smallest absolute Gasteiger partial charge is 0.125 e. The highest BCUT2D eigenvalue weighted by Gasteiger charge is 2.33. The quantitative estimate of drug-likeness (QED) is 0.707. The van der Waals surface area contributed by atoms with Crippen molar-refractivity contribution in [2.24, 2.45) is 5.73 Å². The Morgan fingerprint density at radius 3 is 3.00 bits per heavy atom. The highest BCUT2D eigenvalue weighted by Crippen LogP contribution is 2.38. The molecule has 2 rings (SSSR count). The fourth-order valence-corrected chi connectivity index (χ4v) is 2.33. The van der Waals surface area contributed by atoms with Crippen LogP contribution in [0.5, 0.6) is 0 Å². The first-order valence-electron chi connectivity index (χ1n) is 5.23. The van der Waals surface area contributed by atoms with E-state index in [4.69, 9.17) is 17.3 Å². The Kier molecular flexibility index (Phi) is 3.06. The summed E-state index contributed by atoms with van der Waals surface area (Å²) in [5.41, 5.74) is 5.44. The lowest BCUT2D eigenvalue weighted by Crippen LogP contribution is -2.34. The molecule has 0 aromatic heterocycles. The number of benzene rings is 1. The summed E-state index contributed by atoms with van der Waals surface area (Å²) in [5.74, 6) is -0.459. The van der Waals surface area contributed by atoms with Gasteiger partial charge in [-0.1, -0.05) is 11.6 Å². The molecule has 0 saturated heterocycles. The van der Waals surface area contributed by atoms with Crippen LogP contribution in [-0.4, -0.2) is 18.2 Å². The third-order valence-electron chi connectivity index (χ3n) is 2.96. The van der Waals surface area contributed by atoms with Crippen molar-refractivity contribution in [3.05, 3.63) is 28.5 Å². The monoisotopic (exact) mass is 244 g/mol. The van der Waals surface area contributed by atoms with Crippen LogP contribution in [0.15, 0.2) is 12.1 Å². The van der Waals surface area contributed by atoms with Gasteiger partial charge >= 0.3 is 0 Å². The van der Waals surface area contributed by atoms with Crippen LogP contribution in [0, 0.1) is 5.82 Å². The van der Waals surface area contributed by atoms with Crippen molar-refractivity contribution in [2.45, 2.75) is 18.4 Å². The molecule has 16 heavy (non-hydrogen) atoms. The second-order valence-electron chi connectivity index (χ2n) is 4.08. The third-order valence-corrected chi connectivity index (χ3v) is 3.26. The molecule has 1 aromatic rings. The second-order valence-corrected chi connectivity index (χ2v) is 4.48. The van der Waals surface area contributed by atoms with Gasteiger partial charge in [0.25, 0.3) is 0 Å². The fraction of sp³-hybridized carbons (Fsp3) is 0.455. The highest BCUT2D eigenvalue weighted by molar-refractivity contribution is 6.33. The molecule has 1 aliphatic heterocycles. The van der Waals surface area contributed by atoms with E-state index in [2.05, 4.69) is 5.32 Å². The fourth-order valence-electron chi connectivity index (χ4n) is 2.06. The number of hydrogen-bond donors (Lipinski definition) is 3. The van der Waals surface area contributed by atoms with Gasteiger partial charge in [0.15, 0.2) is 0 Å². The number of hydrogen-bond acceptors (Lipinski definition) is 3. The van der Waals surface area contributed by atoms with Gasteiger partial charge in [-0.2, -0.15) is 0 Å². The van der Waals surface area contributed by atoms with E-state index in [0.717, 1.165) is 6.42 Å². The minimum absolute atomic E-state index is 0.0570. The number of aliphatic hydroxyl groups is 1. The summed E-state index contributed by atoms with van der Waals surface area (Å²) in [4.78, 5) is 0. The average molecular weight is 245 g/mol. The minimum atomic E-state index is -1.19. The molecule has 0 aliphatic carbocycles. The summed E-state index contributed by atoms with van der Waals surface area (Å²) in [6.45, 7) is 0.752. The van der Waals surface area contributed by atoms with Crippen LogP contribution in [-0.2, 0) is 5.60 Å². The number of anilines is 1. The Balaban J connectivity index is 2.60. The zero-order valence-corrected chi connectivity index (χ0v) is 9.52. The van der Waals surface area contributed by atoms with Crippen molar-refractivity contribution < 1.29 is 9.50 Å². The maximum atomic E-state index is 13.3. The van der Waals surface area contributed by atoms with Crippen LogP contribution in [0.25, 0.3) is 0 Å². The number of halogens is 2. The summed E-state index contributed by atoms with van der Waals surface area (Å²) in [6.07, 6.45) is 1.27. The Bertz CT molecular complexity index is 413. The lowest BCUT2D eigenvalue weighted by molar-refractivity contribution is 0.0376. The van der Waals surface area contributed by atoms with Crippen LogP contribution in [0.1, 0.15) is 18.4 Å². The topological polar surface area (TPSA) is 58.3 Å². The Morgan fingerprint density at radius 2 is 2.31 bits per heavy atom.